The van der Waals surface area contributed by atoms with Gasteiger partial charge in [0, 0.05) is 12.8 Å². The van der Waals surface area contributed by atoms with Gasteiger partial charge in [-0.2, -0.15) is 0 Å². The van der Waals surface area contributed by atoms with E-state index in [0.717, 1.165) is 11.5 Å². The van der Waals surface area contributed by atoms with E-state index in [1.165, 1.54) is 0 Å². The standard InChI is InChI=1S/C16H26O4/c1-15(2,17)9-11-19-13-5-7-14(8-6-13)20-12-10-16(3,4)18/h5-8,17-18H,9-12H2,1-4H3. The van der Waals surface area contributed by atoms with E-state index < -0.39 is 11.2 Å². The molecule has 0 radical (unpaired) electrons. The molecule has 0 saturated heterocycles. The van der Waals surface area contributed by atoms with Gasteiger partial charge in [-0.1, -0.05) is 0 Å². The molecule has 1 aromatic rings. The Morgan fingerprint density at radius 1 is 0.750 bits per heavy atom. The van der Waals surface area contributed by atoms with Crippen molar-refractivity contribution in [2.45, 2.75) is 51.7 Å². The lowest BCUT2D eigenvalue weighted by atomic mass is 10.1. The molecule has 0 amide bonds. The maximum absolute atomic E-state index is 9.58. The highest BCUT2D eigenvalue weighted by Gasteiger charge is 2.13. The second-order valence-corrected chi connectivity index (χ2v) is 6.29. The first kappa shape index (κ1) is 16.8. The van der Waals surface area contributed by atoms with E-state index in [9.17, 15) is 10.2 Å². The maximum atomic E-state index is 9.58. The van der Waals surface area contributed by atoms with Crippen LogP contribution in [0.2, 0.25) is 0 Å². The van der Waals surface area contributed by atoms with E-state index in [1.807, 2.05) is 24.3 Å². The SMILES string of the molecule is CC(C)(O)CCOc1ccc(OCCC(C)(C)O)cc1. The molecule has 0 aliphatic rings. The number of hydrogen-bond acceptors (Lipinski definition) is 4. The molecule has 0 atom stereocenters. The molecule has 0 aromatic heterocycles. The van der Waals surface area contributed by atoms with Gasteiger partial charge in [0.1, 0.15) is 11.5 Å². The molecule has 0 saturated carbocycles. The zero-order chi connectivity index (χ0) is 15.2. The van der Waals surface area contributed by atoms with Crippen LogP contribution in [0.5, 0.6) is 11.5 Å². The second-order valence-electron chi connectivity index (χ2n) is 6.29. The summed E-state index contributed by atoms with van der Waals surface area (Å²) in [5.41, 5.74) is -1.42. The average molecular weight is 282 g/mol. The summed E-state index contributed by atoms with van der Waals surface area (Å²) in [7, 11) is 0. The minimum atomic E-state index is -0.708. The molecule has 4 heteroatoms. The van der Waals surface area contributed by atoms with Crippen LogP contribution in [-0.4, -0.2) is 34.6 Å². The molecule has 0 bridgehead atoms. The average Bonchev–Trinajstić information content (AvgIpc) is 2.28. The van der Waals surface area contributed by atoms with Crippen LogP contribution < -0.4 is 9.47 Å². The molecular formula is C16H26O4. The Morgan fingerprint density at radius 2 is 1.05 bits per heavy atom. The summed E-state index contributed by atoms with van der Waals surface area (Å²) in [6.07, 6.45) is 1.16. The highest BCUT2D eigenvalue weighted by molar-refractivity contribution is 5.31. The molecule has 1 aromatic carbocycles. The number of hydrogen-bond donors (Lipinski definition) is 2. The van der Waals surface area contributed by atoms with Crippen LogP contribution in [0.15, 0.2) is 24.3 Å². The Balaban J connectivity index is 2.33. The van der Waals surface area contributed by atoms with E-state index in [2.05, 4.69) is 0 Å². The third kappa shape index (κ3) is 8.02. The Hall–Kier alpha value is -1.26. The molecule has 0 aliphatic heterocycles. The van der Waals surface area contributed by atoms with Gasteiger partial charge in [-0.15, -0.1) is 0 Å². The zero-order valence-corrected chi connectivity index (χ0v) is 12.8. The number of ether oxygens (including phenoxy) is 2. The van der Waals surface area contributed by atoms with E-state index in [0.29, 0.717) is 26.1 Å². The zero-order valence-electron chi connectivity index (χ0n) is 12.8. The fourth-order valence-corrected chi connectivity index (χ4v) is 1.47. The number of rotatable bonds is 8. The van der Waals surface area contributed by atoms with Gasteiger partial charge in [-0.25, -0.2) is 0 Å². The van der Waals surface area contributed by atoms with Crippen LogP contribution >= 0.6 is 0 Å². The third-order valence-electron chi connectivity index (χ3n) is 2.79. The van der Waals surface area contributed by atoms with Crippen LogP contribution in [0.1, 0.15) is 40.5 Å². The van der Waals surface area contributed by atoms with Gasteiger partial charge < -0.3 is 19.7 Å². The highest BCUT2D eigenvalue weighted by Crippen LogP contribution is 2.19. The summed E-state index contributed by atoms with van der Waals surface area (Å²) in [5.74, 6) is 1.51. The molecule has 1 rings (SSSR count). The van der Waals surface area contributed by atoms with Gasteiger partial charge in [-0.05, 0) is 52.0 Å². The summed E-state index contributed by atoms with van der Waals surface area (Å²) in [5, 5.41) is 19.2. The lowest BCUT2D eigenvalue weighted by Crippen LogP contribution is -2.22. The number of aliphatic hydroxyl groups is 2. The lowest BCUT2D eigenvalue weighted by Gasteiger charge is -2.18. The van der Waals surface area contributed by atoms with Crippen LogP contribution in [0.4, 0.5) is 0 Å². The van der Waals surface area contributed by atoms with Gasteiger partial charge in [0.05, 0.1) is 24.4 Å². The van der Waals surface area contributed by atoms with E-state index >= 15 is 0 Å². The first-order valence-corrected chi connectivity index (χ1v) is 6.96. The van der Waals surface area contributed by atoms with Crippen molar-refractivity contribution in [3.05, 3.63) is 24.3 Å². The predicted octanol–water partition coefficient (Wildman–Crippen LogP) is 2.77. The van der Waals surface area contributed by atoms with Crippen molar-refractivity contribution < 1.29 is 19.7 Å². The van der Waals surface area contributed by atoms with Crippen LogP contribution in [0.3, 0.4) is 0 Å². The Labute approximate surface area is 121 Å². The van der Waals surface area contributed by atoms with Gasteiger partial charge >= 0.3 is 0 Å². The molecule has 114 valence electrons. The predicted molar refractivity (Wildman–Crippen MR) is 79.3 cm³/mol. The van der Waals surface area contributed by atoms with Crippen molar-refractivity contribution >= 4 is 0 Å². The molecule has 0 fully saturated rings. The molecule has 0 unspecified atom stereocenters. The van der Waals surface area contributed by atoms with E-state index in [-0.39, 0.29) is 0 Å². The van der Waals surface area contributed by atoms with Crippen LogP contribution in [0, 0.1) is 0 Å². The van der Waals surface area contributed by atoms with Crippen molar-refractivity contribution in [2.75, 3.05) is 13.2 Å². The smallest absolute Gasteiger partial charge is 0.119 e. The van der Waals surface area contributed by atoms with Crippen molar-refractivity contribution in [1.29, 1.82) is 0 Å². The Morgan fingerprint density at radius 3 is 1.30 bits per heavy atom. The van der Waals surface area contributed by atoms with Gasteiger partial charge in [0.15, 0.2) is 0 Å². The molecule has 4 nitrogen and oxygen atoms in total. The maximum Gasteiger partial charge on any atom is 0.119 e. The summed E-state index contributed by atoms with van der Waals surface area (Å²) in [6, 6.07) is 7.35. The second kappa shape index (κ2) is 6.95. The van der Waals surface area contributed by atoms with Crippen molar-refractivity contribution in [3.63, 3.8) is 0 Å². The van der Waals surface area contributed by atoms with Gasteiger partial charge in [0.25, 0.3) is 0 Å². The molecule has 2 N–H and O–H groups in total. The fraction of sp³-hybridized carbons (Fsp3) is 0.625. The minimum Gasteiger partial charge on any atom is -0.493 e. The van der Waals surface area contributed by atoms with Crippen molar-refractivity contribution in [1.82, 2.24) is 0 Å². The Bertz CT molecular complexity index is 345. The first-order valence-electron chi connectivity index (χ1n) is 6.96. The van der Waals surface area contributed by atoms with Crippen LogP contribution in [0.25, 0.3) is 0 Å². The fourth-order valence-electron chi connectivity index (χ4n) is 1.47. The normalized spacial score (nSPS) is 12.3. The van der Waals surface area contributed by atoms with Crippen molar-refractivity contribution in [2.24, 2.45) is 0 Å². The van der Waals surface area contributed by atoms with E-state index in [4.69, 9.17) is 9.47 Å². The first-order chi connectivity index (χ1) is 9.16. The highest BCUT2D eigenvalue weighted by atomic mass is 16.5. The summed E-state index contributed by atoms with van der Waals surface area (Å²) in [4.78, 5) is 0. The van der Waals surface area contributed by atoms with Gasteiger partial charge in [0.2, 0.25) is 0 Å². The monoisotopic (exact) mass is 282 g/mol. The largest absolute Gasteiger partial charge is 0.493 e. The summed E-state index contributed by atoms with van der Waals surface area (Å²) >= 11 is 0. The molecule has 0 heterocycles. The molecule has 20 heavy (non-hydrogen) atoms. The Kier molecular flexibility index (Phi) is 5.84. The summed E-state index contributed by atoms with van der Waals surface area (Å²) < 4.78 is 11.1. The van der Waals surface area contributed by atoms with Crippen LogP contribution in [-0.2, 0) is 0 Å². The molecule has 0 aliphatic carbocycles. The minimum absolute atomic E-state index is 0.475. The van der Waals surface area contributed by atoms with Gasteiger partial charge in [-0.3, -0.25) is 0 Å². The number of benzene rings is 1. The molecular weight excluding hydrogens is 256 g/mol. The quantitative estimate of drug-likeness (QED) is 0.769. The third-order valence-corrected chi connectivity index (χ3v) is 2.79. The van der Waals surface area contributed by atoms with Crippen molar-refractivity contribution in [3.8, 4) is 11.5 Å². The topological polar surface area (TPSA) is 58.9 Å². The molecule has 0 spiro atoms. The summed E-state index contributed by atoms with van der Waals surface area (Å²) in [6.45, 7) is 7.99. The van der Waals surface area contributed by atoms with E-state index in [1.54, 1.807) is 27.7 Å². The lowest BCUT2D eigenvalue weighted by molar-refractivity contribution is 0.0541.